The minimum absolute atomic E-state index is 0.155. The average Bonchev–Trinajstić information content (AvgIpc) is 2.90. The van der Waals surface area contributed by atoms with Gasteiger partial charge in [0, 0.05) is 11.7 Å². The number of hydrogen-bond acceptors (Lipinski definition) is 9. The molecule has 3 rings (SSSR count). The van der Waals surface area contributed by atoms with Gasteiger partial charge in [-0.1, -0.05) is 0 Å². The third-order valence-electron chi connectivity index (χ3n) is 5.99. The van der Waals surface area contributed by atoms with Crippen LogP contribution in [0.1, 0.15) is 48.0 Å². The molecule has 3 saturated heterocycles. The van der Waals surface area contributed by atoms with E-state index in [1.807, 2.05) is 20.8 Å². The number of thioether (sulfide) groups is 1. The van der Waals surface area contributed by atoms with E-state index in [0.29, 0.717) is 0 Å². The summed E-state index contributed by atoms with van der Waals surface area (Å²) in [5.41, 5.74) is 0. The van der Waals surface area contributed by atoms with E-state index in [1.165, 1.54) is 37.4 Å². The van der Waals surface area contributed by atoms with Crippen molar-refractivity contribution in [1.82, 2.24) is 9.80 Å². The molecule has 0 saturated carbocycles. The van der Waals surface area contributed by atoms with E-state index in [-0.39, 0.29) is 17.7 Å². The van der Waals surface area contributed by atoms with Gasteiger partial charge in [0.2, 0.25) is 18.6 Å². The number of carbonyl (C=O) groups excluding carboxylic acids is 4. The Bertz CT molecular complexity index is 913. The number of carbonyl (C=O) groups is 4. The summed E-state index contributed by atoms with van der Waals surface area (Å²) in [6.07, 6.45) is -0.155. The lowest BCUT2D eigenvalue weighted by Crippen LogP contribution is -2.57. The van der Waals surface area contributed by atoms with Crippen molar-refractivity contribution in [1.29, 1.82) is 0 Å². The minimum atomic E-state index is -3.74. The molecule has 3 aliphatic rings. The molecule has 0 bridgehead atoms. The van der Waals surface area contributed by atoms with Gasteiger partial charge in [-0.05, 0) is 34.6 Å². The molecule has 0 aromatic rings. The lowest BCUT2D eigenvalue weighted by atomic mass is 9.98. The topological polar surface area (TPSA) is 127 Å². The molecule has 4 unspecified atom stereocenters. The number of β-lactam (4-membered cyclic amide) rings is 1. The summed E-state index contributed by atoms with van der Waals surface area (Å²) in [4.78, 5) is 51.6. The van der Waals surface area contributed by atoms with E-state index < -0.39 is 61.4 Å². The van der Waals surface area contributed by atoms with E-state index in [2.05, 4.69) is 0 Å². The normalized spacial score (nSPS) is 32.9. The fourth-order valence-electron chi connectivity index (χ4n) is 4.45. The first-order chi connectivity index (χ1) is 13.6. The molecule has 4 atom stereocenters. The van der Waals surface area contributed by atoms with Crippen molar-refractivity contribution < 1.29 is 37.1 Å². The van der Waals surface area contributed by atoms with Crippen LogP contribution in [-0.4, -0.2) is 81.1 Å². The molecule has 0 N–H and O–H groups in total. The largest absolute Gasteiger partial charge is 0.426 e. The molecule has 168 valence electrons. The van der Waals surface area contributed by atoms with E-state index in [0.717, 1.165) is 4.90 Å². The van der Waals surface area contributed by atoms with Crippen molar-refractivity contribution in [3.63, 3.8) is 0 Å². The Morgan fingerprint density at radius 3 is 2.13 bits per heavy atom. The predicted molar refractivity (Wildman–Crippen MR) is 107 cm³/mol. The van der Waals surface area contributed by atoms with Gasteiger partial charge in [0.05, 0.1) is 16.5 Å². The van der Waals surface area contributed by atoms with Crippen molar-refractivity contribution >= 4 is 45.4 Å². The SMILES string of the molecule is CC(=O)N1C(C)SC(C)(C)C1C(=O)OCOC(=O)C1N2C(=O)CC2S(=O)(=O)C1(C)C. The van der Waals surface area contributed by atoms with Gasteiger partial charge < -0.3 is 19.3 Å². The van der Waals surface area contributed by atoms with Gasteiger partial charge in [0.15, 0.2) is 9.84 Å². The summed E-state index contributed by atoms with van der Waals surface area (Å²) in [5, 5.41) is -1.25. The van der Waals surface area contributed by atoms with Gasteiger partial charge in [-0.3, -0.25) is 9.59 Å². The summed E-state index contributed by atoms with van der Waals surface area (Å²) in [6.45, 7) is 8.81. The van der Waals surface area contributed by atoms with Gasteiger partial charge in [-0.25, -0.2) is 18.0 Å². The van der Waals surface area contributed by atoms with Crippen LogP contribution in [0.4, 0.5) is 0 Å². The van der Waals surface area contributed by atoms with Crippen molar-refractivity contribution in [3.8, 4) is 0 Å². The molecular formula is C18H26N2O8S2. The van der Waals surface area contributed by atoms with Crippen LogP contribution in [0.15, 0.2) is 0 Å². The highest BCUT2D eigenvalue weighted by molar-refractivity contribution is 8.01. The molecule has 0 aromatic heterocycles. The fraction of sp³-hybridized carbons (Fsp3) is 0.778. The third-order valence-corrected chi connectivity index (χ3v) is 10.2. The van der Waals surface area contributed by atoms with Crippen LogP contribution >= 0.6 is 11.8 Å². The van der Waals surface area contributed by atoms with Crippen molar-refractivity contribution in [2.45, 2.75) is 80.3 Å². The molecule has 0 aromatic carbocycles. The zero-order chi connectivity index (χ0) is 22.8. The van der Waals surface area contributed by atoms with Gasteiger partial charge in [0.1, 0.15) is 17.5 Å². The zero-order valence-electron chi connectivity index (χ0n) is 17.7. The quantitative estimate of drug-likeness (QED) is 0.328. The number of amides is 2. The Morgan fingerprint density at radius 2 is 1.63 bits per heavy atom. The van der Waals surface area contributed by atoms with Crippen LogP contribution in [-0.2, 0) is 38.5 Å². The first-order valence-electron chi connectivity index (χ1n) is 9.49. The van der Waals surface area contributed by atoms with Gasteiger partial charge >= 0.3 is 11.9 Å². The fourth-order valence-corrected chi connectivity index (χ4v) is 8.18. The Morgan fingerprint density at radius 1 is 1.10 bits per heavy atom. The number of fused-ring (bicyclic) bond motifs is 1. The maximum absolute atomic E-state index is 12.7. The van der Waals surface area contributed by atoms with Crippen LogP contribution in [0.25, 0.3) is 0 Å². The number of hydrogen-bond donors (Lipinski definition) is 0. The summed E-state index contributed by atoms with van der Waals surface area (Å²) in [6, 6.07) is -2.17. The van der Waals surface area contributed by atoms with Crippen LogP contribution in [0.5, 0.6) is 0 Å². The second-order valence-electron chi connectivity index (χ2n) is 8.70. The molecule has 3 fully saturated rings. The zero-order valence-corrected chi connectivity index (χ0v) is 19.3. The Balaban J connectivity index is 1.67. The summed E-state index contributed by atoms with van der Waals surface area (Å²) < 4.78 is 33.1. The average molecular weight is 463 g/mol. The highest BCUT2D eigenvalue weighted by Gasteiger charge is 2.68. The molecule has 0 radical (unpaired) electrons. The molecule has 0 aliphatic carbocycles. The first-order valence-corrected chi connectivity index (χ1v) is 11.9. The Labute approximate surface area is 179 Å². The van der Waals surface area contributed by atoms with E-state index in [4.69, 9.17) is 9.47 Å². The van der Waals surface area contributed by atoms with Gasteiger partial charge in [0.25, 0.3) is 0 Å². The molecule has 3 heterocycles. The summed E-state index contributed by atoms with van der Waals surface area (Å²) >= 11 is 1.45. The van der Waals surface area contributed by atoms with Crippen LogP contribution in [0, 0.1) is 0 Å². The third kappa shape index (κ3) is 3.19. The lowest BCUT2D eigenvalue weighted by molar-refractivity contribution is -0.179. The second kappa shape index (κ2) is 7.11. The molecule has 30 heavy (non-hydrogen) atoms. The van der Waals surface area contributed by atoms with E-state index >= 15 is 0 Å². The molecule has 2 amide bonds. The van der Waals surface area contributed by atoms with Crippen molar-refractivity contribution in [2.75, 3.05) is 6.79 Å². The second-order valence-corrected chi connectivity index (χ2v) is 13.4. The number of sulfone groups is 1. The van der Waals surface area contributed by atoms with Crippen molar-refractivity contribution in [2.24, 2.45) is 0 Å². The molecular weight excluding hydrogens is 436 g/mol. The standard InChI is InChI=1S/C18H26N2O8S2/c1-9(21)19-10(2)29-17(3,4)13(19)15(23)27-8-28-16(24)14-18(5,6)30(25,26)12-7-11(22)20(12)14/h10,12-14H,7-8H2,1-6H3. The lowest BCUT2D eigenvalue weighted by Gasteiger charge is -2.36. The maximum Gasteiger partial charge on any atom is 0.333 e. The maximum atomic E-state index is 12.7. The highest BCUT2D eigenvalue weighted by Crippen LogP contribution is 2.46. The Kier molecular flexibility index (Phi) is 5.42. The summed E-state index contributed by atoms with van der Waals surface area (Å²) in [5.74, 6) is -2.40. The smallest absolute Gasteiger partial charge is 0.333 e. The first kappa shape index (κ1) is 22.9. The Hall–Kier alpha value is -1.82. The van der Waals surface area contributed by atoms with E-state index in [9.17, 15) is 27.6 Å². The van der Waals surface area contributed by atoms with Crippen LogP contribution in [0.3, 0.4) is 0 Å². The van der Waals surface area contributed by atoms with Crippen molar-refractivity contribution in [3.05, 3.63) is 0 Å². The van der Waals surface area contributed by atoms with Crippen LogP contribution < -0.4 is 0 Å². The molecule has 0 spiro atoms. The van der Waals surface area contributed by atoms with Crippen LogP contribution in [0.2, 0.25) is 0 Å². The number of nitrogens with zero attached hydrogens (tertiary/aromatic N) is 2. The molecule has 10 nitrogen and oxygen atoms in total. The molecule has 12 heteroatoms. The van der Waals surface area contributed by atoms with Gasteiger partial charge in [-0.15, -0.1) is 11.8 Å². The number of esters is 2. The van der Waals surface area contributed by atoms with Gasteiger partial charge in [-0.2, -0.15) is 0 Å². The molecule has 3 aliphatic heterocycles. The van der Waals surface area contributed by atoms with E-state index in [1.54, 1.807) is 0 Å². The minimum Gasteiger partial charge on any atom is -0.426 e. The monoisotopic (exact) mass is 462 g/mol. The number of ether oxygens (including phenoxy) is 2. The highest BCUT2D eigenvalue weighted by atomic mass is 32.2. The summed E-state index contributed by atoms with van der Waals surface area (Å²) in [7, 11) is -3.74. The number of rotatable bonds is 4. The predicted octanol–water partition coefficient (Wildman–Crippen LogP) is 0.253.